The predicted molar refractivity (Wildman–Crippen MR) is 112 cm³/mol. The number of aliphatic imine (C=N–C) groups is 1. The van der Waals surface area contributed by atoms with Gasteiger partial charge in [-0.25, -0.2) is 9.98 Å². The Labute approximate surface area is 166 Å². The van der Waals surface area contributed by atoms with Gasteiger partial charge in [0.15, 0.2) is 17.5 Å². The van der Waals surface area contributed by atoms with E-state index in [1.807, 2.05) is 18.3 Å². The van der Waals surface area contributed by atoms with E-state index in [0.29, 0.717) is 6.54 Å². The normalized spacial score (nSPS) is 12.0. The zero-order valence-electron chi connectivity index (χ0n) is 17.0. The molecule has 1 heterocycles. The minimum Gasteiger partial charge on any atom is -0.493 e. The average Bonchev–Trinajstić information content (AvgIpc) is 3.08. The highest BCUT2D eigenvalue weighted by molar-refractivity contribution is 7.11. The molecular weight excluding hydrogens is 360 g/mol. The van der Waals surface area contributed by atoms with Crippen molar-refractivity contribution in [1.29, 1.82) is 0 Å². The van der Waals surface area contributed by atoms with Gasteiger partial charge in [-0.15, -0.1) is 11.3 Å². The van der Waals surface area contributed by atoms with Gasteiger partial charge >= 0.3 is 0 Å². The lowest BCUT2D eigenvalue weighted by atomic mass is 9.84. The molecule has 0 unspecified atom stereocenters. The van der Waals surface area contributed by atoms with Gasteiger partial charge in [0.25, 0.3) is 0 Å². The highest BCUT2D eigenvalue weighted by Gasteiger charge is 2.22. The largest absolute Gasteiger partial charge is 0.493 e. The summed E-state index contributed by atoms with van der Waals surface area (Å²) in [5.74, 6) is 2.26. The molecule has 2 N–H and O–H groups in total. The van der Waals surface area contributed by atoms with E-state index in [1.165, 1.54) is 10.4 Å². The first-order valence-electron chi connectivity index (χ1n) is 9.05. The SMILES string of the molecule is CCNC(=NCc1ncc(C)s1)NCC(C)(C)c1ccc(OC)c(OC)c1. The second-order valence-electron chi connectivity index (χ2n) is 6.87. The molecule has 0 spiro atoms. The van der Waals surface area contributed by atoms with E-state index in [1.54, 1.807) is 25.6 Å². The van der Waals surface area contributed by atoms with Crippen molar-refractivity contribution in [1.82, 2.24) is 15.6 Å². The van der Waals surface area contributed by atoms with E-state index in [9.17, 15) is 0 Å². The lowest BCUT2D eigenvalue weighted by Gasteiger charge is -2.27. The topological polar surface area (TPSA) is 67.8 Å². The molecule has 1 aromatic carbocycles. The number of aryl methyl sites for hydroxylation is 1. The Morgan fingerprint density at radius 1 is 1.19 bits per heavy atom. The summed E-state index contributed by atoms with van der Waals surface area (Å²) in [6.45, 7) is 10.6. The summed E-state index contributed by atoms with van der Waals surface area (Å²) in [4.78, 5) is 10.2. The van der Waals surface area contributed by atoms with E-state index < -0.39 is 0 Å². The van der Waals surface area contributed by atoms with Crippen LogP contribution in [0.2, 0.25) is 0 Å². The van der Waals surface area contributed by atoms with E-state index in [0.717, 1.165) is 35.6 Å². The van der Waals surface area contributed by atoms with Crippen molar-refractivity contribution in [3.63, 3.8) is 0 Å². The summed E-state index contributed by atoms with van der Waals surface area (Å²) in [7, 11) is 3.30. The van der Waals surface area contributed by atoms with Crippen LogP contribution < -0.4 is 20.1 Å². The van der Waals surface area contributed by atoms with Crippen molar-refractivity contribution >= 4 is 17.3 Å². The van der Waals surface area contributed by atoms with Gasteiger partial charge in [-0.1, -0.05) is 19.9 Å². The quantitative estimate of drug-likeness (QED) is 0.533. The number of guanidine groups is 1. The Balaban J connectivity index is 2.08. The molecule has 2 rings (SSSR count). The summed E-state index contributed by atoms with van der Waals surface area (Å²) in [6.07, 6.45) is 1.88. The number of hydrogen-bond acceptors (Lipinski definition) is 5. The molecule has 6 nitrogen and oxygen atoms in total. The Morgan fingerprint density at radius 3 is 2.52 bits per heavy atom. The van der Waals surface area contributed by atoms with Crippen molar-refractivity contribution in [3.8, 4) is 11.5 Å². The maximum atomic E-state index is 5.44. The van der Waals surface area contributed by atoms with Crippen molar-refractivity contribution in [2.75, 3.05) is 27.3 Å². The van der Waals surface area contributed by atoms with Gasteiger partial charge in [0, 0.05) is 29.6 Å². The predicted octanol–water partition coefficient (Wildman–Crippen LogP) is 3.50. The first-order chi connectivity index (χ1) is 12.9. The standard InChI is InChI=1S/C20H30N4O2S/c1-7-21-19(23-12-18-22-11-14(2)27-18)24-13-20(3,4)15-8-9-16(25-5)17(10-15)26-6/h8-11H,7,12-13H2,1-6H3,(H2,21,23,24). The van der Waals surface area contributed by atoms with Crippen LogP contribution in [0.4, 0.5) is 0 Å². The average molecular weight is 391 g/mol. The molecule has 0 radical (unpaired) electrons. The monoisotopic (exact) mass is 390 g/mol. The van der Waals surface area contributed by atoms with Crippen LogP contribution in [0.1, 0.15) is 36.2 Å². The number of aromatic nitrogens is 1. The zero-order valence-corrected chi connectivity index (χ0v) is 17.9. The lowest BCUT2D eigenvalue weighted by Crippen LogP contribution is -2.43. The molecule has 0 bridgehead atoms. The van der Waals surface area contributed by atoms with Gasteiger partial charge < -0.3 is 20.1 Å². The Hall–Kier alpha value is -2.28. The van der Waals surface area contributed by atoms with E-state index >= 15 is 0 Å². The third-order valence-corrected chi connectivity index (χ3v) is 5.15. The van der Waals surface area contributed by atoms with Gasteiger partial charge in [0.1, 0.15) is 5.01 Å². The Morgan fingerprint density at radius 2 is 1.93 bits per heavy atom. The summed E-state index contributed by atoms with van der Waals surface area (Å²) in [6, 6.07) is 6.05. The van der Waals surface area contributed by atoms with Crippen LogP contribution >= 0.6 is 11.3 Å². The lowest BCUT2D eigenvalue weighted by molar-refractivity contribution is 0.353. The number of benzene rings is 1. The number of rotatable bonds is 8. The van der Waals surface area contributed by atoms with Crippen molar-refractivity contribution < 1.29 is 9.47 Å². The Bertz CT molecular complexity index is 771. The summed E-state index contributed by atoms with van der Waals surface area (Å²) in [5, 5.41) is 7.76. The fourth-order valence-corrected chi connectivity index (χ4v) is 3.34. The maximum absolute atomic E-state index is 5.44. The first kappa shape index (κ1) is 21.0. The number of nitrogens with one attached hydrogen (secondary N) is 2. The minimum absolute atomic E-state index is 0.118. The summed E-state index contributed by atoms with van der Waals surface area (Å²) in [5.41, 5.74) is 1.05. The number of nitrogens with zero attached hydrogens (tertiary/aromatic N) is 2. The molecule has 7 heteroatoms. The van der Waals surface area contributed by atoms with Crippen molar-refractivity contribution in [3.05, 3.63) is 39.8 Å². The third kappa shape index (κ3) is 5.85. The molecule has 0 atom stereocenters. The molecular formula is C20H30N4O2S. The number of thiazole rings is 1. The zero-order chi connectivity index (χ0) is 19.9. The summed E-state index contributed by atoms with van der Waals surface area (Å²) >= 11 is 1.68. The highest BCUT2D eigenvalue weighted by atomic mass is 32.1. The van der Waals surface area contributed by atoms with Crippen LogP contribution in [0.25, 0.3) is 0 Å². The van der Waals surface area contributed by atoms with E-state index in [2.05, 4.69) is 54.4 Å². The molecule has 148 valence electrons. The molecule has 0 amide bonds. The van der Waals surface area contributed by atoms with Gasteiger partial charge in [0.2, 0.25) is 0 Å². The third-order valence-electron chi connectivity index (χ3n) is 4.25. The van der Waals surface area contributed by atoms with Crippen LogP contribution in [-0.2, 0) is 12.0 Å². The molecule has 2 aromatic rings. The maximum Gasteiger partial charge on any atom is 0.191 e. The molecule has 1 aromatic heterocycles. The van der Waals surface area contributed by atoms with Crippen LogP contribution in [0.3, 0.4) is 0 Å². The van der Waals surface area contributed by atoms with Gasteiger partial charge in [0.05, 0.1) is 20.8 Å². The number of hydrogen-bond donors (Lipinski definition) is 2. The molecule has 0 fully saturated rings. The van der Waals surface area contributed by atoms with Crippen LogP contribution in [-0.4, -0.2) is 38.3 Å². The van der Waals surface area contributed by atoms with Gasteiger partial charge in [-0.05, 0) is 31.5 Å². The van der Waals surface area contributed by atoms with E-state index in [-0.39, 0.29) is 5.41 Å². The fraction of sp³-hybridized carbons (Fsp3) is 0.500. The molecule has 0 aliphatic carbocycles. The number of methoxy groups -OCH3 is 2. The Kier molecular flexibility index (Phi) is 7.47. The van der Waals surface area contributed by atoms with Crippen LogP contribution in [0.5, 0.6) is 11.5 Å². The minimum atomic E-state index is -0.118. The molecule has 27 heavy (non-hydrogen) atoms. The highest BCUT2D eigenvalue weighted by Crippen LogP contribution is 2.32. The summed E-state index contributed by atoms with van der Waals surface area (Å²) < 4.78 is 10.8. The fourth-order valence-electron chi connectivity index (χ4n) is 2.63. The second kappa shape index (κ2) is 9.60. The second-order valence-corrected chi connectivity index (χ2v) is 8.19. The van der Waals surface area contributed by atoms with Crippen LogP contribution in [0, 0.1) is 6.92 Å². The van der Waals surface area contributed by atoms with E-state index in [4.69, 9.17) is 9.47 Å². The molecule has 0 saturated carbocycles. The smallest absolute Gasteiger partial charge is 0.191 e. The molecule has 0 aliphatic rings. The van der Waals surface area contributed by atoms with Gasteiger partial charge in [-0.2, -0.15) is 0 Å². The van der Waals surface area contributed by atoms with Crippen molar-refractivity contribution in [2.45, 2.75) is 39.7 Å². The number of ether oxygens (including phenoxy) is 2. The molecule has 0 saturated heterocycles. The van der Waals surface area contributed by atoms with Gasteiger partial charge in [-0.3, -0.25) is 0 Å². The first-order valence-corrected chi connectivity index (χ1v) is 9.87. The molecule has 0 aliphatic heterocycles. The van der Waals surface area contributed by atoms with Crippen molar-refractivity contribution in [2.24, 2.45) is 4.99 Å². The van der Waals surface area contributed by atoms with Crippen LogP contribution in [0.15, 0.2) is 29.4 Å².